The summed E-state index contributed by atoms with van der Waals surface area (Å²) in [5, 5.41) is 0. The summed E-state index contributed by atoms with van der Waals surface area (Å²) in [5.41, 5.74) is 11.2. The summed E-state index contributed by atoms with van der Waals surface area (Å²) >= 11 is 0. The highest BCUT2D eigenvalue weighted by atomic mass is 16.5. The van der Waals surface area contributed by atoms with E-state index in [0.29, 0.717) is 5.82 Å². The van der Waals surface area contributed by atoms with Crippen molar-refractivity contribution < 1.29 is 4.74 Å². The summed E-state index contributed by atoms with van der Waals surface area (Å²) in [4.78, 5) is 10.0. The Labute approximate surface area is 292 Å². The largest absolute Gasteiger partial charge is 0.457 e. The second-order valence-electron chi connectivity index (χ2n) is 12.6. The van der Waals surface area contributed by atoms with Crippen molar-refractivity contribution in [2.45, 2.75) is 5.41 Å². The molecule has 1 aromatic heterocycles. The first-order valence-electron chi connectivity index (χ1n) is 16.9. The fourth-order valence-corrected chi connectivity index (χ4v) is 7.31. The Morgan fingerprint density at radius 3 is 1.46 bits per heavy atom. The zero-order valence-electron chi connectivity index (χ0n) is 27.3. The van der Waals surface area contributed by atoms with Gasteiger partial charge in [0.15, 0.2) is 5.82 Å². The van der Waals surface area contributed by atoms with E-state index in [4.69, 9.17) is 14.7 Å². The van der Waals surface area contributed by atoms with Gasteiger partial charge in [-0.25, -0.2) is 9.97 Å². The van der Waals surface area contributed by atoms with Crippen LogP contribution < -0.4 is 4.74 Å². The van der Waals surface area contributed by atoms with Gasteiger partial charge >= 0.3 is 0 Å². The summed E-state index contributed by atoms with van der Waals surface area (Å²) in [6.45, 7) is 0. The van der Waals surface area contributed by atoms with Crippen molar-refractivity contribution >= 4 is 0 Å². The highest BCUT2D eigenvalue weighted by Crippen LogP contribution is 2.55. The van der Waals surface area contributed by atoms with Gasteiger partial charge < -0.3 is 4.74 Å². The van der Waals surface area contributed by atoms with Gasteiger partial charge in [-0.15, -0.1) is 0 Å². The van der Waals surface area contributed by atoms with Crippen molar-refractivity contribution in [3.63, 3.8) is 0 Å². The fourth-order valence-electron chi connectivity index (χ4n) is 7.31. The smallest absolute Gasteiger partial charge is 0.160 e. The molecule has 0 spiro atoms. The van der Waals surface area contributed by atoms with Gasteiger partial charge in [-0.1, -0.05) is 170 Å². The molecule has 0 radical (unpaired) electrons. The molecule has 0 amide bonds. The quantitative estimate of drug-likeness (QED) is 0.181. The molecular weight excluding hydrogens is 609 g/mol. The number of benzene rings is 7. The molecule has 0 bridgehead atoms. The van der Waals surface area contributed by atoms with E-state index in [2.05, 4.69) is 146 Å². The SMILES string of the molecule is c1ccc(-c2cc(-c3cccc(-c4ccc(C5(c6ccccc6)c6ccccc6Oc6ccccc65)cc4)c3)nc(-c3ccccc3)n2)cc1. The average Bonchev–Trinajstić information content (AvgIpc) is 3.21. The minimum Gasteiger partial charge on any atom is -0.457 e. The lowest BCUT2D eigenvalue weighted by Gasteiger charge is -2.41. The first-order chi connectivity index (χ1) is 24.8. The van der Waals surface area contributed by atoms with Crippen LogP contribution >= 0.6 is 0 Å². The van der Waals surface area contributed by atoms with Gasteiger partial charge in [0.25, 0.3) is 0 Å². The van der Waals surface area contributed by atoms with E-state index in [1.54, 1.807) is 0 Å². The molecular formula is C47H32N2O. The molecule has 9 rings (SSSR count). The van der Waals surface area contributed by atoms with Gasteiger partial charge in [0.05, 0.1) is 16.8 Å². The van der Waals surface area contributed by atoms with Crippen molar-refractivity contribution in [3.8, 4) is 56.5 Å². The van der Waals surface area contributed by atoms with Crippen LogP contribution in [0.2, 0.25) is 0 Å². The molecule has 0 atom stereocenters. The molecule has 0 aliphatic carbocycles. The number of para-hydroxylation sites is 2. The molecule has 0 N–H and O–H groups in total. The zero-order valence-corrected chi connectivity index (χ0v) is 27.3. The van der Waals surface area contributed by atoms with E-state index >= 15 is 0 Å². The van der Waals surface area contributed by atoms with Gasteiger partial charge in [-0.3, -0.25) is 0 Å². The van der Waals surface area contributed by atoms with Gasteiger partial charge in [-0.2, -0.15) is 0 Å². The standard InChI is InChI=1S/C47H32N2O/c1-4-15-34(16-5-1)42-32-43(49-46(48-42)35-17-6-2-7-18-35)37-20-14-19-36(31-37)33-27-29-39(30-28-33)47(38-21-8-3-9-22-38)40-23-10-12-25-44(40)50-45-26-13-11-24-41(45)47/h1-32H. The summed E-state index contributed by atoms with van der Waals surface area (Å²) < 4.78 is 6.49. The first kappa shape index (κ1) is 29.6. The summed E-state index contributed by atoms with van der Waals surface area (Å²) in [6, 6.07) is 67.9. The molecule has 50 heavy (non-hydrogen) atoms. The van der Waals surface area contributed by atoms with Crippen LogP contribution in [0.15, 0.2) is 194 Å². The lowest BCUT2D eigenvalue weighted by atomic mass is 9.63. The number of nitrogens with zero attached hydrogens (tertiary/aromatic N) is 2. The van der Waals surface area contributed by atoms with Crippen LogP contribution in [0.25, 0.3) is 45.0 Å². The van der Waals surface area contributed by atoms with E-state index in [-0.39, 0.29) is 0 Å². The molecule has 3 heteroatoms. The molecule has 0 fully saturated rings. The third-order valence-corrected chi connectivity index (χ3v) is 9.65. The minimum atomic E-state index is -0.546. The van der Waals surface area contributed by atoms with Crippen LogP contribution in [0, 0.1) is 0 Å². The molecule has 1 aliphatic rings. The number of aromatic nitrogens is 2. The second-order valence-corrected chi connectivity index (χ2v) is 12.6. The highest BCUT2D eigenvalue weighted by Gasteiger charge is 2.45. The number of fused-ring (bicyclic) bond motifs is 2. The average molecular weight is 641 g/mol. The van der Waals surface area contributed by atoms with E-state index in [1.165, 1.54) is 11.1 Å². The Morgan fingerprint density at radius 1 is 0.340 bits per heavy atom. The van der Waals surface area contributed by atoms with Crippen molar-refractivity contribution in [3.05, 3.63) is 216 Å². The van der Waals surface area contributed by atoms with Crippen LogP contribution in [0.5, 0.6) is 11.5 Å². The molecule has 0 saturated heterocycles. The predicted molar refractivity (Wildman–Crippen MR) is 202 cm³/mol. The molecule has 8 aromatic rings. The Kier molecular flexibility index (Phi) is 7.37. The third-order valence-electron chi connectivity index (χ3n) is 9.65. The maximum Gasteiger partial charge on any atom is 0.160 e. The third kappa shape index (κ3) is 5.08. The lowest BCUT2D eigenvalue weighted by molar-refractivity contribution is 0.434. The zero-order chi connectivity index (χ0) is 33.3. The number of hydrogen-bond acceptors (Lipinski definition) is 3. The van der Waals surface area contributed by atoms with Gasteiger partial charge in [0.2, 0.25) is 0 Å². The molecule has 0 saturated carbocycles. The van der Waals surface area contributed by atoms with Crippen molar-refractivity contribution in [1.82, 2.24) is 9.97 Å². The molecule has 0 unspecified atom stereocenters. The number of hydrogen-bond donors (Lipinski definition) is 0. The Morgan fingerprint density at radius 2 is 0.820 bits per heavy atom. The monoisotopic (exact) mass is 640 g/mol. The van der Waals surface area contributed by atoms with Gasteiger partial charge in [-0.05, 0) is 46.5 Å². The van der Waals surface area contributed by atoms with Crippen molar-refractivity contribution in [1.29, 1.82) is 0 Å². The summed E-state index contributed by atoms with van der Waals surface area (Å²) in [7, 11) is 0. The van der Waals surface area contributed by atoms with Crippen LogP contribution in [-0.2, 0) is 5.41 Å². The molecule has 236 valence electrons. The lowest BCUT2D eigenvalue weighted by Crippen LogP contribution is -2.34. The fraction of sp³-hybridized carbons (Fsp3) is 0.0213. The normalized spacial score (nSPS) is 12.7. The number of rotatable bonds is 6. The highest BCUT2D eigenvalue weighted by molar-refractivity contribution is 5.77. The summed E-state index contributed by atoms with van der Waals surface area (Å²) in [6.07, 6.45) is 0. The van der Waals surface area contributed by atoms with Crippen LogP contribution in [0.4, 0.5) is 0 Å². The first-order valence-corrected chi connectivity index (χ1v) is 16.9. The molecule has 7 aromatic carbocycles. The summed E-state index contributed by atoms with van der Waals surface area (Å²) in [5.74, 6) is 2.46. The molecule has 2 heterocycles. The maximum absolute atomic E-state index is 6.49. The molecule has 3 nitrogen and oxygen atoms in total. The van der Waals surface area contributed by atoms with Gasteiger partial charge in [0, 0.05) is 27.8 Å². The van der Waals surface area contributed by atoms with Crippen LogP contribution in [0.3, 0.4) is 0 Å². The molecule has 1 aliphatic heterocycles. The Balaban J connectivity index is 1.16. The second kappa shape index (κ2) is 12.5. The van der Waals surface area contributed by atoms with Gasteiger partial charge in [0.1, 0.15) is 11.5 Å². The van der Waals surface area contributed by atoms with Crippen molar-refractivity contribution in [2.24, 2.45) is 0 Å². The van der Waals surface area contributed by atoms with Crippen molar-refractivity contribution in [2.75, 3.05) is 0 Å². The number of ether oxygens (including phenoxy) is 1. The topological polar surface area (TPSA) is 35.0 Å². The van der Waals surface area contributed by atoms with E-state index < -0.39 is 5.41 Å². The van der Waals surface area contributed by atoms with E-state index in [0.717, 1.165) is 61.8 Å². The van der Waals surface area contributed by atoms with Crippen LogP contribution in [-0.4, -0.2) is 9.97 Å². The Hall–Kier alpha value is -6.58. The van der Waals surface area contributed by atoms with E-state index in [9.17, 15) is 0 Å². The Bertz CT molecular complexity index is 2340. The van der Waals surface area contributed by atoms with Crippen LogP contribution in [0.1, 0.15) is 22.3 Å². The minimum absolute atomic E-state index is 0.546. The van der Waals surface area contributed by atoms with E-state index in [1.807, 2.05) is 48.5 Å². The maximum atomic E-state index is 6.49. The predicted octanol–water partition coefficient (Wildman–Crippen LogP) is 11.6.